The Bertz CT molecular complexity index is 1320. The van der Waals surface area contributed by atoms with E-state index < -0.39 is 19.9 Å². The van der Waals surface area contributed by atoms with Gasteiger partial charge in [-0.15, -0.1) is 0 Å². The van der Waals surface area contributed by atoms with Crippen LogP contribution in [0.25, 0.3) is 11.4 Å². The van der Waals surface area contributed by atoms with Crippen molar-refractivity contribution in [1.82, 2.24) is 20.0 Å². The Labute approximate surface area is 186 Å². The molecule has 0 saturated carbocycles. The van der Waals surface area contributed by atoms with Gasteiger partial charge in [0.2, 0.25) is 21.7 Å². The Hall–Kier alpha value is -2.83. The number of sulfonamides is 1. The molecule has 1 fully saturated rings. The minimum absolute atomic E-state index is 0.0544. The molecule has 12 heteroatoms. The predicted octanol–water partition coefficient (Wildman–Crippen LogP) is 2.24. The molecule has 0 amide bonds. The van der Waals surface area contributed by atoms with Crippen molar-refractivity contribution in [2.45, 2.75) is 30.3 Å². The highest BCUT2D eigenvalue weighted by atomic mass is 32.2. The van der Waals surface area contributed by atoms with E-state index >= 15 is 0 Å². The number of rotatable bonds is 7. The van der Waals surface area contributed by atoms with E-state index in [4.69, 9.17) is 4.52 Å². The first-order valence-corrected chi connectivity index (χ1v) is 13.7. The summed E-state index contributed by atoms with van der Waals surface area (Å²) in [4.78, 5) is 11.0. The monoisotopic (exact) mass is 477 g/mol. The Morgan fingerprint density at radius 2 is 1.88 bits per heavy atom. The number of aromatic nitrogens is 3. The highest BCUT2D eigenvalue weighted by Crippen LogP contribution is 2.33. The number of sulfone groups is 1. The van der Waals surface area contributed by atoms with Crippen molar-refractivity contribution in [2.24, 2.45) is 0 Å². The van der Waals surface area contributed by atoms with Crippen molar-refractivity contribution >= 4 is 25.7 Å². The van der Waals surface area contributed by atoms with Crippen LogP contribution < -0.4 is 4.72 Å². The maximum absolute atomic E-state index is 11.7. The second-order valence-electron chi connectivity index (χ2n) is 7.80. The Balaban J connectivity index is 1.50. The zero-order valence-electron chi connectivity index (χ0n) is 17.6. The van der Waals surface area contributed by atoms with Crippen molar-refractivity contribution < 1.29 is 21.4 Å². The lowest BCUT2D eigenvalue weighted by Gasteiger charge is -2.21. The van der Waals surface area contributed by atoms with Crippen LogP contribution in [0.2, 0.25) is 0 Å². The highest BCUT2D eigenvalue weighted by molar-refractivity contribution is 7.92. The van der Waals surface area contributed by atoms with E-state index in [0.29, 0.717) is 28.7 Å². The van der Waals surface area contributed by atoms with E-state index in [0.717, 1.165) is 31.2 Å². The summed E-state index contributed by atoms with van der Waals surface area (Å²) in [5.41, 5.74) is 1.58. The van der Waals surface area contributed by atoms with Gasteiger partial charge in [0.1, 0.15) is 5.82 Å². The summed E-state index contributed by atoms with van der Waals surface area (Å²) in [6, 6.07) is 10.0. The molecule has 2 aromatic heterocycles. The first-order chi connectivity index (χ1) is 15.1. The molecule has 170 valence electrons. The topological polar surface area (TPSA) is 135 Å². The number of anilines is 1. The number of pyridine rings is 1. The van der Waals surface area contributed by atoms with Crippen molar-refractivity contribution in [3.63, 3.8) is 0 Å². The van der Waals surface area contributed by atoms with Crippen LogP contribution >= 0.6 is 0 Å². The van der Waals surface area contributed by atoms with E-state index in [1.807, 2.05) is 12.1 Å². The zero-order chi connectivity index (χ0) is 22.9. The largest absolute Gasteiger partial charge is 0.337 e. The third-order valence-corrected chi connectivity index (χ3v) is 6.84. The van der Waals surface area contributed by atoms with Crippen molar-refractivity contribution in [2.75, 3.05) is 23.8 Å². The standard InChI is InChI=1S/C20H23N5O5S2/c1-31(26,27)16-7-5-14(6-8-16)13-25-11-3-4-17(25)20-22-19(23-30-20)15-9-10-21-18(12-15)24-32(2,28)29/h5-10,12,17H,3-4,11,13H2,1-2H3,(H,21,24)/t17-/m0/s1. The molecule has 3 heterocycles. The molecular formula is C20H23N5O5S2. The quantitative estimate of drug-likeness (QED) is 0.543. The van der Waals surface area contributed by atoms with Gasteiger partial charge in [-0.3, -0.25) is 9.62 Å². The van der Waals surface area contributed by atoms with Crippen LogP contribution in [0.3, 0.4) is 0 Å². The molecule has 1 aliphatic heterocycles. The van der Waals surface area contributed by atoms with E-state index in [1.165, 1.54) is 12.5 Å². The van der Waals surface area contributed by atoms with Crippen LogP contribution in [-0.2, 0) is 26.4 Å². The number of likely N-dealkylation sites (tertiary alicyclic amines) is 1. The lowest BCUT2D eigenvalue weighted by molar-refractivity contribution is 0.201. The second kappa shape index (κ2) is 8.60. The summed E-state index contributed by atoms with van der Waals surface area (Å²) < 4.78 is 54.1. The summed E-state index contributed by atoms with van der Waals surface area (Å²) >= 11 is 0. The highest BCUT2D eigenvalue weighted by Gasteiger charge is 2.31. The average molecular weight is 478 g/mol. The van der Waals surface area contributed by atoms with Crippen LogP contribution in [0.15, 0.2) is 52.0 Å². The smallest absolute Gasteiger partial charge is 0.244 e. The minimum atomic E-state index is -3.45. The minimum Gasteiger partial charge on any atom is -0.337 e. The molecule has 0 radical (unpaired) electrons. The normalized spacial score (nSPS) is 17.5. The second-order valence-corrected chi connectivity index (χ2v) is 11.6. The fourth-order valence-electron chi connectivity index (χ4n) is 3.67. The van der Waals surface area contributed by atoms with Crippen molar-refractivity contribution in [1.29, 1.82) is 0 Å². The molecule has 1 atom stereocenters. The Morgan fingerprint density at radius 3 is 2.56 bits per heavy atom. The van der Waals surface area contributed by atoms with Crippen LogP contribution in [0.5, 0.6) is 0 Å². The molecule has 32 heavy (non-hydrogen) atoms. The molecule has 1 aromatic carbocycles. The summed E-state index contributed by atoms with van der Waals surface area (Å²) in [6.07, 6.45) is 5.55. The molecule has 3 aromatic rings. The number of hydrogen-bond donors (Lipinski definition) is 1. The molecular weight excluding hydrogens is 454 g/mol. The fraction of sp³-hybridized carbons (Fsp3) is 0.350. The summed E-state index contributed by atoms with van der Waals surface area (Å²) in [5, 5.41) is 4.06. The number of hydrogen-bond acceptors (Lipinski definition) is 9. The van der Waals surface area contributed by atoms with Gasteiger partial charge in [0.15, 0.2) is 9.84 Å². The predicted molar refractivity (Wildman–Crippen MR) is 118 cm³/mol. The maximum Gasteiger partial charge on any atom is 0.244 e. The third kappa shape index (κ3) is 5.31. The van der Waals surface area contributed by atoms with Crippen LogP contribution in [0, 0.1) is 0 Å². The van der Waals surface area contributed by atoms with Gasteiger partial charge in [-0.25, -0.2) is 21.8 Å². The van der Waals surface area contributed by atoms with E-state index in [9.17, 15) is 16.8 Å². The Kier molecular flexibility index (Phi) is 6.01. The summed E-state index contributed by atoms with van der Waals surface area (Å²) in [7, 11) is -6.68. The van der Waals surface area contributed by atoms with Gasteiger partial charge < -0.3 is 4.52 Å². The molecule has 10 nitrogen and oxygen atoms in total. The van der Waals surface area contributed by atoms with Gasteiger partial charge in [0, 0.05) is 24.6 Å². The first kappa shape index (κ1) is 22.4. The van der Waals surface area contributed by atoms with Crippen molar-refractivity contribution in [3.8, 4) is 11.4 Å². The third-order valence-electron chi connectivity index (χ3n) is 5.14. The Morgan fingerprint density at radius 1 is 1.12 bits per heavy atom. The molecule has 1 saturated heterocycles. The average Bonchev–Trinajstić information content (AvgIpc) is 3.36. The van der Waals surface area contributed by atoms with Gasteiger partial charge in [0.25, 0.3) is 0 Å². The maximum atomic E-state index is 11.7. The van der Waals surface area contributed by atoms with E-state index in [-0.39, 0.29) is 11.9 Å². The summed E-state index contributed by atoms with van der Waals surface area (Å²) in [5.74, 6) is 1.01. The molecule has 4 rings (SSSR count). The SMILES string of the molecule is CS(=O)(=O)Nc1cc(-c2noc([C@@H]3CCCN3Cc3ccc(S(C)(=O)=O)cc3)n2)ccn1. The van der Waals surface area contributed by atoms with Gasteiger partial charge in [0.05, 0.1) is 17.2 Å². The van der Waals surface area contributed by atoms with E-state index in [2.05, 4.69) is 24.7 Å². The first-order valence-electron chi connectivity index (χ1n) is 9.89. The summed E-state index contributed by atoms with van der Waals surface area (Å²) in [6.45, 7) is 1.48. The van der Waals surface area contributed by atoms with Crippen LogP contribution in [-0.4, -0.2) is 55.9 Å². The van der Waals surface area contributed by atoms with Gasteiger partial charge >= 0.3 is 0 Å². The molecule has 0 spiro atoms. The van der Waals surface area contributed by atoms with Crippen molar-refractivity contribution in [3.05, 3.63) is 54.0 Å². The van der Waals surface area contributed by atoms with Crippen LogP contribution in [0.1, 0.15) is 30.3 Å². The molecule has 1 aliphatic rings. The van der Waals surface area contributed by atoms with Gasteiger partial charge in [-0.2, -0.15) is 4.98 Å². The van der Waals surface area contributed by atoms with Crippen LogP contribution in [0.4, 0.5) is 5.82 Å². The lowest BCUT2D eigenvalue weighted by Crippen LogP contribution is -2.23. The number of nitrogens with one attached hydrogen (secondary N) is 1. The van der Waals surface area contributed by atoms with E-state index in [1.54, 1.807) is 24.3 Å². The molecule has 0 bridgehead atoms. The molecule has 0 unspecified atom stereocenters. The lowest BCUT2D eigenvalue weighted by atomic mass is 10.2. The zero-order valence-corrected chi connectivity index (χ0v) is 19.2. The number of nitrogens with zero attached hydrogens (tertiary/aromatic N) is 4. The fourth-order valence-corrected chi connectivity index (χ4v) is 4.80. The molecule has 1 N–H and O–H groups in total. The van der Waals surface area contributed by atoms with Gasteiger partial charge in [-0.1, -0.05) is 17.3 Å². The van der Waals surface area contributed by atoms with Gasteiger partial charge in [-0.05, 0) is 49.2 Å². The number of benzene rings is 1. The molecule has 0 aliphatic carbocycles.